The van der Waals surface area contributed by atoms with Crippen molar-refractivity contribution in [1.29, 1.82) is 0 Å². The number of hydrogen-bond donors (Lipinski definition) is 0. The molecule has 2 aromatic rings. The Morgan fingerprint density at radius 1 is 1.22 bits per heavy atom. The van der Waals surface area contributed by atoms with Crippen molar-refractivity contribution < 1.29 is 13.5 Å². The number of halogens is 2. The molecule has 0 radical (unpaired) electrons. The Hall–Kier alpha value is -1.56. The van der Waals surface area contributed by atoms with Crippen molar-refractivity contribution >= 4 is 11.3 Å². The van der Waals surface area contributed by atoms with E-state index in [9.17, 15) is 8.78 Å². The second-order valence-corrected chi connectivity index (χ2v) is 5.04. The third-order valence-corrected chi connectivity index (χ3v) is 3.84. The van der Waals surface area contributed by atoms with Gasteiger partial charge in [0.05, 0.1) is 0 Å². The summed E-state index contributed by atoms with van der Waals surface area (Å²) >= 11 is 1.56. The molecule has 2 atom stereocenters. The summed E-state index contributed by atoms with van der Waals surface area (Å²) < 4.78 is 28.3. The van der Waals surface area contributed by atoms with Crippen LogP contribution in [0.2, 0.25) is 0 Å². The fraction of sp³-hybridized carbons (Fsp3) is 0.333. The van der Waals surface area contributed by atoms with Crippen molar-refractivity contribution in [3.63, 3.8) is 0 Å². The highest BCUT2D eigenvalue weighted by molar-refractivity contribution is 7.09. The predicted octanol–water partition coefficient (Wildman–Crippen LogP) is 3.41. The van der Waals surface area contributed by atoms with Gasteiger partial charge in [-0.2, -0.15) is 8.78 Å². The molecule has 0 bridgehead atoms. The first-order valence-electron chi connectivity index (χ1n) is 5.55. The van der Waals surface area contributed by atoms with Crippen LogP contribution in [-0.2, 0) is 0 Å². The summed E-state index contributed by atoms with van der Waals surface area (Å²) in [6, 6.07) is 6.83. The van der Waals surface area contributed by atoms with Gasteiger partial charge in [-0.15, -0.1) is 21.5 Å². The molecular weight excluding hydrogens is 258 g/mol. The molecule has 0 aliphatic heterocycles. The molecule has 6 heteroatoms. The average molecular weight is 268 g/mol. The Kier molecular flexibility index (Phi) is 2.95. The van der Waals surface area contributed by atoms with Crippen LogP contribution in [0.15, 0.2) is 29.8 Å². The molecule has 1 aliphatic rings. The van der Waals surface area contributed by atoms with Crippen LogP contribution >= 0.6 is 11.3 Å². The van der Waals surface area contributed by atoms with Crippen LogP contribution in [0.5, 0.6) is 5.75 Å². The highest BCUT2D eigenvalue weighted by Crippen LogP contribution is 2.54. The standard InChI is InChI=1S/C12H10F2N2OS/c13-12(14)17-8-3-1-7(2-4-8)9-5-10(9)11-16-15-6-18-11/h1-4,6,9-10,12H,5H2. The minimum Gasteiger partial charge on any atom is -0.435 e. The van der Waals surface area contributed by atoms with E-state index in [1.165, 1.54) is 0 Å². The first-order chi connectivity index (χ1) is 8.74. The highest BCUT2D eigenvalue weighted by Gasteiger charge is 2.41. The van der Waals surface area contributed by atoms with Gasteiger partial charge < -0.3 is 4.74 Å². The zero-order valence-corrected chi connectivity index (χ0v) is 10.1. The fourth-order valence-electron chi connectivity index (χ4n) is 2.08. The van der Waals surface area contributed by atoms with Crippen LogP contribution in [0.1, 0.15) is 28.8 Å². The van der Waals surface area contributed by atoms with Crippen molar-refractivity contribution in [2.45, 2.75) is 24.9 Å². The minimum atomic E-state index is -2.77. The maximum atomic E-state index is 12.0. The summed E-state index contributed by atoms with van der Waals surface area (Å²) in [4.78, 5) is 0. The summed E-state index contributed by atoms with van der Waals surface area (Å²) in [5.74, 6) is 1.06. The second-order valence-electron chi connectivity index (χ2n) is 4.17. The Balaban J connectivity index is 1.68. The number of hydrogen-bond acceptors (Lipinski definition) is 4. The SMILES string of the molecule is FC(F)Oc1ccc(C2CC2c2nncs2)cc1. The molecule has 1 aliphatic carbocycles. The van der Waals surface area contributed by atoms with E-state index < -0.39 is 6.61 Å². The number of ether oxygens (including phenoxy) is 1. The summed E-state index contributed by atoms with van der Waals surface area (Å²) in [5, 5.41) is 8.93. The normalized spacial score (nSPS) is 22.2. The van der Waals surface area contributed by atoms with E-state index in [0.717, 1.165) is 17.0 Å². The molecule has 0 saturated heterocycles. The van der Waals surface area contributed by atoms with Gasteiger partial charge in [0.1, 0.15) is 16.3 Å². The van der Waals surface area contributed by atoms with Gasteiger partial charge in [0.15, 0.2) is 0 Å². The summed E-state index contributed by atoms with van der Waals surface area (Å²) in [6.45, 7) is -2.77. The maximum Gasteiger partial charge on any atom is 0.387 e. The minimum absolute atomic E-state index is 0.196. The van der Waals surface area contributed by atoms with Gasteiger partial charge in [0.25, 0.3) is 0 Å². The number of alkyl halides is 2. The van der Waals surface area contributed by atoms with Crippen molar-refractivity contribution in [2.24, 2.45) is 0 Å². The number of benzene rings is 1. The molecule has 1 aromatic carbocycles. The third kappa shape index (κ3) is 2.33. The topological polar surface area (TPSA) is 35.0 Å². The molecular formula is C12H10F2N2OS. The van der Waals surface area contributed by atoms with E-state index in [1.54, 1.807) is 29.0 Å². The lowest BCUT2D eigenvalue weighted by molar-refractivity contribution is -0.0498. The van der Waals surface area contributed by atoms with Crippen molar-refractivity contribution in [3.8, 4) is 5.75 Å². The molecule has 0 spiro atoms. The monoisotopic (exact) mass is 268 g/mol. The molecule has 3 nitrogen and oxygen atoms in total. The highest BCUT2D eigenvalue weighted by atomic mass is 32.1. The predicted molar refractivity (Wildman–Crippen MR) is 63.1 cm³/mol. The van der Waals surface area contributed by atoms with Crippen molar-refractivity contribution in [1.82, 2.24) is 10.2 Å². The Morgan fingerprint density at radius 2 is 2.00 bits per heavy atom. The fourth-order valence-corrected chi connectivity index (χ4v) is 2.81. The van der Waals surface area contributed by atoms with E-state index in [0.29, 0.717) is 11.8 Å². The number of aromatic nitrogens is 2. The second kappa shape index (κ2) is 4.61. The van der Waals surface area contributed by atoms with Crippen LogP contribution < -0.4 is 4.74 Å². The van der Waals surface area contributed by atoms with E-state index in [4.69, 9.17) is 0 Å². The van der Waals surface area contributed by atoms with E-state index in [1.807, 2.05) is 12.1 Å². The van der Waals surface area contributed by atoms with Crippen LogP contribution in [0.3, 0.4) is 0 Å². The molecule has 1 saturated carbocycles. The van der Waals surface area contributed by atoms with Crippen LogP contribution in [0.25, 0.3) is 0 Å². The summed E-state index contributed by atoms with van der Waals surface area (Å²) in [5.41, 5.74) is 2.86. The van der Waals surface area contributed by atoms with E-state index >= 15 is 0 Å². The average Bonchev–Trinajstić information content (AvgIpc) is 2.96. The van der Waals surface area contributed by atoms with Gasteiger partial charge in [-0.3, -0.25) is 0 Å². The van der Waals surface area contributed by atoms with Crippen molar-refractivity contribution in [2.75, 3.05) is 0 Å². The Bertz CT molecular complexity index is 515. The first kappa shape index (κ1) is 11.5. The van der Waals surface area contributed by atoms with E-state index in [-0.39, 0.29) is 5.75 Å². The molecule has 18 heavy (non-hydrogen) atoms. The zero-order valence-electron chi connectivity index (χ0n) is 9.29. The van der Waals surface area contributed by atoms with Gasteiger partial charge >= 0.3 is 6.61 Å². The quantitative estimate of drug-likeness (QED) is 0.852. The summed E-state index contributed by atoms with van der Waals surface area (Å²) in [7, 11) is 0. The zero-order chi connectivity index (χ0) is 12.5. The Morgan fingerprint density at radius 3 is 2.61 bits per heavy atom. The first-order valence-corrected chi connectivity index (χ1v) is 6.43. The molecule has 3 rings (SSSR count). The molecule has 2 unspecified atom stereocenters. The molecule has 1 fully saturated rings. The summed E-state index contributed by atoms with van der Waals surface area (Å²) in [6.07, 6.45) is 1.05. The number of rotatable bonds is 4. The lowest BCUT2D eigenvalue weighted by Gasteiger charge is -2.05. The van der Waals surface area contributed by atoms with Gasteiger partial charge in [-0.05, 0) is 30.0 Å². The Labute approximate surface area is 106 Å². The van der Waals surface area contributed by atoms with Crippen LogP contribution in [-0.4, -0.2) is 16.8 Å². The smallest absolute Gasteiger partial charge is 0.387 e. The molecule has 94 valence electrons. The molecule has 0 N–H and O–H groups in total. The third-order valence-electron chi connectivity index (χ3n) is 3.02. The van der Waals surface area contributed by atoms with Gasteiger partial charge in [-0.25, -0.2) is 0 Å². The lowest BCUT2D eigenvalue weighted by Crippen LogP contribution is -2.01. The largest absolute Gasteiger partial charge is 0.435 e. The maximum absolute atomic E-state index is 12.0. The lowest BCUT2D eigenvalue weighted by atomic mass is 10.1. The molecule has 0 amide bonds. The van der Waals surface area contributed by atoms with Gasteiger partial charge in [0, 0.05) is 5.92 Å². The number of nitrogens with zero attached hydrogens (tertiary/aromatic N) is 2. The van der Waals surface area contributed by atoms with Gasteiger partial charge in [-0.1, -0.05) is 12.1 Å². The van der Waals surface area contributed by atoms with Gasteiger partial charge in [0.2, 0.25) is 0 Å². The molecule has 1 heterocycles. The van der Waals surface area contributed by atoms with Crippen LogP contribution in [0.4, 0.5) is 8.78 Å². The van der Waals surface area contributed by atoms with E-state index in [2.05, 4.69) is 14.9 Å². The van der Waals surface area contributed by atoms with Crippen molar-refractivity contribution in [3.05, 3.63) is 40.3 Å². The van der Waals surface area contributed by atoms with Crippen LogP contribution in [0, 0.1) is 0 Å². The molecule has 1 aromatic heterocycles.